The topological polar surface area (TPSA) is 66.5 Å². The van der Waals surface area contributed by atoms with E-state index in [4.69, 9.17) is 0 Å². The molecule has 22 heavy (non-hydrogen) atoms. The van der Waals surface area contributed by atoms with Crippen molar-refractivity contribution >= 4 is 21.6 Å². The summed E-state index contributed by atoms with van der Waals surface area (Å²) < 4.78 is 25.3. The summed E-state index contributed by atoms with van der Waals surface area (Å²) in [4.78, 5) is 12.2. The molecule has 0 saturated heterocycles. The van der Waals surface area contributed by atoms with Gasteiger partial charge < -0.3 is 5.32 Å². The Morgan fingerprint density at radius 1 is 1.18 bits per heavy atom. The summed E-state index contributed by atoms with van der Waals surface area (Å²) in [5.41, 5.74) is 1.53. The third-order valence-corrected chi connectivity index (χ3v) is 4.64. The van der Waals surface area contributed by atoms with Crippen LogP contribution >= 0.6 is 0 Å². The van der Waals surface area contributed by atoms with E-state index in [1.54, 1.807) is 19.1 Å². The molecule has 1 aromatic carbocycles. The van der Waals surface area contributed by atoms with Crippen LogP contribution in [0.4, 0.5) is 5.69 Å². The zero-order valence-electron chi connectivity index (χ0n) is 14.0. The molecule has 6 heteroatoms. The molecule has 1 aromatic rings. The maximum atomic E-state index is 12.2. The van der Waals surface area contributed by atoms with E-state index >= 15 is 0 Å². The molecule has 124 valence electrons. The van der Waals surface area contributed by atoms with E-state index in [0.29, 0.717) is 18.2 Å². The lowest BCUT2D eigenvalue weighted by atomic mass is 10.1. The highest BCUT2D eigenvalue weighted by atomic mass is 32.2. The van der Waals surface area contributed by atoms with Crippen molar-refractivity contribution in [3.63, 3.8) is 0 Å². The molecule has 5 nitrogen and oxygen atoms in total. The number of carbonyl (C=O) groups excluding carboxylic acids is 1. The van der Waals surface area contributed by atoms with E-state index < -0.39 is 16.1 Å². The minimum atomic E-state index is -3.54. The Morgan fingerprint density at radius 2 is 1.73 bits per heavy atom. The van der Waals surface area contributed by atoms with E-state index in [1.807, 2.05) is 19.1 Å². The number of rotatable bonds is 7. The summed E-state index contributed by atoms with van der Waals surface area (Å²) in [7, 11) is -3.54. The number of anilines is 1. The fraction of sp³-hybridized carbons (Fsp3) is 0.562. The number of aryl methyl sites for hydroxylation is 1. The maximum absolute atomic E-state index is 12.2. The summed E-state index contributed by atoms with van der Waals surface area (Å²) in [5, 5.41) is 2.80. The van der Waals surface area contributed by atoms with E-state index in [0.717, 1.165) is 22.5 Å². The van der Waals surface area contributed by atoms with Crippen LogP contribution in [0.3, 0.4) is 0 Å². The van der Waals surface area contributed by atoms with Gasteiger partial charge in [-0.15, -0.1) is 0 Å². The summed E-state index contributed by atoms with van der Waals surface area (Å²) >= 11 is 0. The van der Waals surface area contributed by atoms with E-state index in [9.17, 15) is 13.2 Å². The number of hydrogen-bond donors (Lipinski definition) is 1. The molecule has 0 radical (unpaired) electrons. The van der Waals surface area contributed by atoms with Crippen molar-refractivity contribution in [2.45, 2.75) is 40.2 Å². The highest BCUT2D eigenvalue weighted by Crippen LogP contribution is 2.21. The lowest BCUT2D eigenvalue weighted by molar-refractivity contribution is -0.121. The maximum Gasteiger partial charge on any atom is 0.243 e. The lowest BCUT2D eigenvalue weighted by Crippen LogP contribution is -2.48. The van der Waals surface area contributed by atoms with Gasteiger partial charge in [0.05, 0.1) is 11.9 Å². The molecule has 0 bridgehead atoms. The number of sulfonamides is 1. The number of nitrogens with one attached hydrogen (secondary N) is 1. The fourth-order valence-corrected chi connectivity index (χ4v) is 3.31. The Labute approximate surface area is 133 Å². The first kappa shape index (κ1) is 18.5. The van der Waals surface area contributed by atoms with Gasteiger partial charge in [0.15, 0.2) is 0 Å². The molecule has 0 aliphatic heterocycles. The predicted molar refractivity (Wildman–Crippen MR) is 90.4 cm³/mol. The van der Waals surface area contributed by atoms with Crippen molar-refractivity contribution in [3.05, 3.63) is 29.8 Å². The van der Waals surface area contributed by atoms with Crippen LogP contribution in [0.5, 0.6) is 0 Å². The average molecular weight is 326 g/mol. The first-order valence-corrected chi connectivity index (χ1v) is 9.31. The average Bonchev–Trinajstić information content (AvgIpc) is 2.39. The molecular weight excluding hydrogens is 300 g/mol. The summed E-state index contributed by atoms with van der Waals surface area (Å²) in [6.07, 6.45) is 1.98. The summed E-state index contributed by atoms with van der Waals surface area (Å²) in [6, 6.07) is 6.31. The SMILES string of the molecule is Cc1ccc(N([C@@H](C)C(=O)NCCC(C)C)S(C)(=O)=O)cc1. The molecule has 0 aliphatic rings. The van der Waals surface area contributed by atoms with Crippen molar-refractivity contribution < 1.29 is 13.2 Å². The molecule has 1 rings (SSSR count). The molecule has 1 N–H and O–H groups in total. The summed E-state index contributed by atoms with van der Waals surface area (Å²) in [6.45, 7) is 8.23. The second kappa shape index (κ2) is 7.63. The van der Waals surface area contributed by atoms with Crippen molar-refractivity contribution in [3.8, 4) is 0 Å². The van der Waals surface area contributed by atoms with Crippen LogP contribution in [0.1, 0.15) is 32.8 Å². The molecule has 0 aliphatic carbocycles. The van der Waals surface area contributed by atoms with Crippen LogP contribution in [-0.2, 0) is 14.8 Å². The third kappa shape index (κ3) is 5.33. The molecule has 0 saturated carbocycles. The Kier molecular flexibility index (Phi) is 6.41. The minimum absolute atomic E-state index is 0.286. The second-order valence-electron chi connectivity index (χ2n) is 6.04. The van der Waals surface area contributed by atoms with Gasteiger partial charge in [0, 0.05) is 6.54 Å². The Balaban J connectivity index is 2.93. The zero-order valence-corrected chi connectivity index (χ0v) is 14.8. The number of benzene rings is 1. The molecule has 0 fully saturated rings. The predicted octanol–water partition coefficient (Wildman–Crippen LogP) is 2.31. The standard InChI is InChI=1S/C16H26N2O3S/c1-12(2)10-11-17-16(19)14(4)18(22(5,20)21)15-8-6-13(3)7-9-15/h6-9,12,14H,10-11H2,1-5H3,(H,17,19)/t14-/m0/s1. The van der Waals surface area contributed by atoms with Crippen LogP contribution in [-0.4, -0.2) is 33.2 Å². The quantitative estimate of drug-likeness (QED) is 0.836. The highest BCUT2D eigenvalue weighted by Gasteiger charge is 2.28. The number of amides is 1. The van der Waals surface area contributed by atoms with Gasteiger partial charge in [0.2, 0.25) is 15.9 Å². The first-order chi connectivity index (χ1) is 10.1. The molecular formula is C16H26N2O3S. The van der Waals surface area contributed by atoms with Gasteiger partial charge >= 0.3 is 0 Å². The largest absolute Gasteiger partial charge is 0.354 e. The second-order valence-corrected chi connectivity index (χ2v) is 7.90. The molecule has 1 amide bonds. The van der Waals surface area contributed by atoms with Crippen LogP contribution in [0.15, 0.2) is 24.3 Å². The number of carbonyl (C=O) groups is 1. The van der Waals surface area contributed by atoms with Gasteiger partial charge in [-0.1, -0.05) is 31.5 Å². The van der Waals surface area contributed by atoms with Gasteiger partial charge in [0.25, 0.3) is 0 Å². The van der Waals surface area contributed by atoms with Gasteiger partial charge in [-0.2, -0.15) is 0 Å². The van der Waals surface area contributed by atoms with Crippen LogP contribution in [0.2, 0.25) is 0 Å². The zero-order chi connectivity index (χ0) is 16.9. The molecule has 0 unspecified atom stereocenters. The van der Waals surface area contributed by atoms with Crippen molar-refractivity contribution in [1.29, 1.82) is 0 Å². The molecule has 0 heterocycles. The minimum Gasteiger partial charge on any atom is -0.354 e. The Bertz CT molecular complexity index is 594. The van der Waals surface area contributed by atoms with Gasteiger partial charge in [-0.3, -0.25) is 9.10 Å². The van der Waals surface area contributed by atoms with Gasteiger partial charge in [0.1, 0.15) is 6.04 Å². The van der Waals surface area contributed by atoms with Crippen LogP contribution in [0, 0.1) is 12.8 Å². The van der Waals surface area contributed by atoms with Gasteiger partial charge in [-0.25, -0.2) is 8.42 Å². The van der Waals surface area contributed by atoms with Crippen molar-refractivity contribution in [2.24, 2.45) is 5.92 Å². The van der Waals surface area contributed by atoms with E-state index in [1.165, 1.54) is 0 Å². The fourth-order valence-electron chi connectivity index (χ4n) is 2.13. The number of hydrogen-bond acceptors (Lipinski definition) is 3. The molecule has 0 spiro atoms. The van der Waals surface area contributed by atoms with Gasteiger partial charge in [-0.05, 0) is 38.3 Å². The monoisotopic (exact) mass is 326 g/mol. The normalized spacial score (nSPS) is 13.0. The van der Waals surface area contributed by atoms with E-state index in [-0.39, 0.29) is 5.91 Å². The number of nitrogens with zero attached hydrogens (tertiary/aromatic N) is 1. The third-order valence-electron chi connectivity index (χ3n) is 3.40. The Morgan fingerprint density at radius 3 is 2.18 bits per heavy atom. The first-order valence-electron chi connectivity index (χ1n) is 7.46. The molecule has 1 atom stereocenters. The Hall–Kier alpha value is -1.56. The lowest BCUT2D eigenvalue weighted by Gasteiger charge is -2.28. The smallest absolute Gasteiger partial charge is 0.243 e. The summed E-state index contributed by atoms with van der Waals surface area (Å²) in [5.74, 6) is 0.199. The highest BCUT2D eigenvalue weighted by molar-refractivity contribution is 7.92. The molecule has 0 aromatic heterocycles. The van der Waals surface area contributed by atoms with Crippen molar-refractivity contribution in [2.75, 3.05) is 17.1 Å². The van der Waals surface area contributed by atoms with E-state index in [2.05, 4.69) is 19.2 Å². The van der Waals surface area contributed by atoms with Crippen LogP contribution < -0.4 is 9.62 Å². The van der Waals surface area contributed by atoms with Crippen LogP contribution in [0.25, 0.3) is 0 Å². The van der Waals surface area contributed by atoms with Crippen molar-refractivity contribution in [1.82, 2.24) is 5.32 Å².